The van der Waals surface area contributed by atoms with Crippen LogP contribution in [0.15, 0.2) is 4.52 Å². The number of aromatic nitrogens is 2. The SMILES string of the molecule is CC(N)(c1nc(CCOCC(F)(F)F)no1)C(F)(F)F. The zero-order valence-electron chi connectivity index (χ0n) is 10.2. The fraction of sp³-hybridized carbons (Fsp3) is 0.778. The summed E-state index contributed by atoms with van der Waals surface area (Å²) in [4.78, 5) is 3.40. The molecule has 1 heterocycles. The van der Waals surface area contributed by atoms with Gasteiger partial charge >= 0.3 is 12.4 Å². The second kappa shape index (κ2) is 5.56. The molecule has 0 radical (unpaired) electrons. The minimum atomic E-state index is -4.80. The third kappa shape index (κ3) is 4.34. The molecule has 1 aromatic heterocycles. The van der Waals surface area contributed by atoms with E-state index in [1.807, 2.05) is 0 Å². The molecule has 0 fully saturated rings. The van der Waals surface area contributed by atoms with Gasteiger partial charge in [0.25, 0.3) is 5.89 Å². The molecule has 1 rings (SSSR count). The van der Waals surface area contributed by atoms with Crippen LogP contribution in [0.4, 0.5) is 26.3 Å². The smallest absolute Gasteiger partial charge is 0.372 e. The van der Waals surface area contributed by atoms with Crippen LogP contribution in [-0.4, -0.2) is 35.7 Å². The van der Waals surface area contributed by atoms with E-state index in [1.54, 1.807) is 0 Å². The maximum atomic E-state index is 12.6. The molecule has 1 aromatic rings. The van der Waals surface area contributed by atoms with E-state index in [2.05, 4.69) is 19.4 Å². The molecule has 0 aliphatic carbocycles. The fourth-order valence-corrected chi connectivity index (χ4v) is 1.04. The molecule has 0 aliphatic rings. The van der Waals surface area contributed by atoms with Crippen LogP contribution in [0, 0.1) is 0 Å². The van der Waals surface area contributed by atoms with E-state index in [-0.39, 0.29) is 12.2 Å². The molecular formula is C9H11F6N3O2. The molecule has 0 saturated carbocycles. The molecule has 0 aliphatic heterocycles. The average molecular weight is 307 g/mol. The van der Waals surface area contributed by atoms with E-state index in [0.29, 0.717) is 6.92 Å². The zero-order valence-corrected chi connectivity index (χ0v) is 10.2. The lowest BCUT2D eigenvalue weighted by molar-refractivity contribution is -0.190. The summed E-state index contributed by atoms with van der Waals surface area (Å²) in [5.74, 6) is -1.08. The van der Waals surface area contributed by atoms with Gasteiger partial charge in [0.1, 0.15) is 6.61 Å². The first-order valence-electron chi connectivity index (χ1n) is 5.26. The lowest BCUT2D eigenvalue weighted by atomic mass is 10.0. The number of rotatable bonds is 5. The van der Waals surface area contributed by atoms with Crippen molar-refractivity contribution in [3.05, 3.63) is 11.7 Å². The predicted octanol–water partition coefficient (Wildman–Crippen LogP) is 1.93. The number of halogens is 6. The van der Waals surface area contributed by atoms with Crippen LogP contribution >= 0.6 is 0 Å². The Morgan fingerprint density at radius 1 is 1.20 bits per heavy atom. The van der Waals surface area contributed by atoms with Gasteiger partial charge in [-0.05, 0) is 6.92 Å². The molecule has 116 valence electrons. The predicted molar refractivity (Wildman–Crippen MR) is 52.5 cm³/mol. The first kappa shape index (κ1) is 16.7. The first-order chi connectivity index (χ1) is 8.93. The van der Waals surface area contributed by atoms with Crippen LogP contribution < -0.4 is 5.73 Å². The van der Waals surface area contributed by atoms with Gasteiger partial charge in [0.05, 0.1) is 6.61 Å². The Morgan fingerprint density at radius 2 is 1.80 bits per heavy atom. The van der Waals surface area contributed by atoms with Gasteiger partial charge in [-0.1, -0.05) is 5.16 Å². The highest BCUT2D eigenvalue weighted by Gasteiger charge is 2.53. The molecule has 0 amide bonds. The van der Waals surface area contributed by atoms with Gasteiger partial charge in [-0.25, -0.2) is 0 Å². The van der Waals surface area contributed by atoms with E-state index in [0.717, 1.165) is 0 Å². The molecule has 1 atom stereocenters. The molecule has 1 unspecified atom stereocenters. The Kier molecular flexibility index (Phi) is 4.64. The highest BCUT2D eigenvalue weighted by Crippen LogP contribution is 2.35. The first-order valence-corrected chi connectivity index (χ1v) is 5.26. The quantitative estimate of drug-likeness (QED) is 0.664. The Labute approximate surface area is 109 Å². The van der Waals surface area contributed by atoms with Crippen LogP contribution in [-0.2, 0) is 16.7 Å². The monoisotopic (exact) mass is 307 g/mol. The third-order valence-electron chi connectivity index (χ3n) is 2.24. The van der Waals surface area contributed by atoms with Crippen molar-refractivity contribution in [2.24, 2.45) is 5.73 Å². The van der Waals surface area contributed by atoms with Gasteiger partial charge in [-0.3, -0.25) is 0 Å². The van der Waals surface area contributed by atoms with E-state index in [1.165, 1.54) is 0 Å². The highest BCUT2D eigenvalue weighted by atomic mass is 19.4. The summed E-state index contributed by atoms with van der Waals surface area (Å²) >= 11 is 0. The summed E-state index contributed by atoms with van der Waals surface area (Å²) in [5, 5.41) is 3.20. The third-order valence-corrected chi connectivity index (χ3v) is 2.24. The van der Waals surface area contributed by atoms with Crippen LogP contribution in [0.25, 0.3) is 0 Å². The van der Waals surface area contributed by atoms with Crippen molar-refractivity contribution in [2.45, 2.75) is 31.2 Å². The Hall–Kier alpha value is -1.36. The van der Waals surface area contributed by atoms with Gasteiger partial charge in [-0.15, -0.1) is 0 Å². The minimum absolute atomic E-state index is 0.219. The number of alkyl halides is 6. The summed E-state index contributed by atoms with van der Waals surface area (Å²) in [6, 6.07) is 0. The average Bonchev–Trinajstić information content (AvgIpc) is 2.70. The summed E-state index contributed by atoms with van der Waals surface area (Å²) < 4.78 is 81.6. The summed E-state index contributed by atoms with van der Waals surface area (Å²) in [6.45, 7) is -1.23. The lowest BCUT2D eigenvalue weighted by Crippen LogP contribution is -2.48. The zero-order chi connectivity index (χ0) is 15.6. The van der Waals surface area contributed by atoms with E-state index < -0.39 is 37.0 Å². The molecule has 0 spiro atoms. The molecule has 0 saturated heterocycles. The number of hydrogen-bond donors (Lipinski definition) is 1. The summed E-state index contributed by atoms with van der Waals surface area (Å²) in [5.41, 5.74) is 2.21. The second-order valence-electron chi connectivity index (χ2n) is 4.13. The van der Waals surface area contributed by atoms with Gasteiger partial charge in [0.2, 0.25) is 0 Å². The maximum absolute atomic E-state index is 12.6. The molecule has 11 heteroatoms. The highest BCUT2D eigenvalue weighted by molar-refractivity contribution is 5.04. The minimum Gasteiger partial charge on any atom is -0.372 e. The number of hydrogen-bond acceptors (Lipinski definition) is 5. The molecule has 0 aromatic carbocycles. The number of nitrogens with two attached hydrogens (primary N) is 1. The largest absolute Gasteiger partial charge is 0.415 e. The van der Waals surface area contributed by atoms with E-state index in [9.17, 15) is 26.3 Å². The van der Waals surface area contributed by atoms with Crippen molar-refractivity contribution in [1.82, 2.24) is 10.1 Å². The normalized spacial score (nSPS) is 16.2. The van der Waals surface area contributed by atoms with E-state index >= 15 is 0 Å². The van der Waals surface area contributed by atoms with Crippen molar-refractivity contribution in [1.29, 1.82) is 0 Å². The van der Waals surface area contributed by atoms with Crippen molar-refractivity contribution in [2.75, 3.05) is 13.2 Å². The van der Waals surface area contributed by atoms with Gasteiger partial charge in [-0.2, -0.15) is 31.3 Å². The van der Waals surface area contributed by atoms with Crippen molar-refractivity contribution >= 4 is 0 Å². The van der Waals surface area contributed by atoms with Crippen molar-refractivity contribution < 1.29 is 35.6 Å². The van der Waals surface area contributed by atoms with Crippen LogP contribution in [0.2, 0.25) is 0 Å². The molecule has 20 heavy (non-hydrogen) atoms. The standard InChI is InChI=1S/C9H11F6N3O2/c1-7(16,9(13,14)15)6-17-5(18-20-6)2-3-19-4-8(10,11)12/h2-4,16H2,1H3. The van der Waals surface area contributed by atoms with Crippen LogP contribution in [0.5, 0.6) is 0 Å². The second-order valence-corrected chi connectivity index (χ2v) is 4.13. The fourth-order valence-electron chi connectivity index (χ4n) is 1.04. The lowest BCUT2D eigenvalue weighted by Gasteiger charge is -2.22. The van der Waals surface area contributed by atoms with Gasteiger partial charge in [0.15, 0.2) is 11.4 Å². The van der Waals surface area contributed by atoms with Crippen LogP contribution in [0.3, 0.4) is 0 Å². The Morgan fingerprint density at radius 3 is 2.30 bits per heavy atom. The van der Waals surface area contributed by atoms with E-state index in [4.69, 9.17) is 5.73 Å². The molecule has 0 bridgehead atoms. The van der Waals surface area contributed by atoms with Crippen LogP contribution in [0.1, 0.15) is 18.6 Å². The van der Waals surface area contributed by atoms with Crippen molar-refractivity contribution in [3.8, 4) is 0 Å². The molecular weight excluding hydrogens is 296 g/mol. The maximum Gasteiger partial charge on any atom is 0.415 e. The number of ether oxygens (including phenoxy) is 1. The molecule has 2 N–H and O–H groups in total. The van der Waals surface area contributed by atoms with Crippen molar-refractivity contribution in [3.63, 3.8) is 0 Å². The molecule has 5 nitrogen and oxygen atoms in total. The van der Waals surface area contributed by atoms with Gasteiger partial charge in [0, 0.05) is 6.42 Å². The topological polar surface area (TPSA) is 74.2 Å². The Balaban J connectivity index is 2.56. The Bertz CT molecular complexity index is 440. The summed E-state index contributed by atoms with van der Waals surface area (Å²) in [7, 11) is 0. The van der Waals surface area contributed by atoms with Gasteiger partial charge < -0.3 is 15.0 Å². The summed E-state index contributed by atoms with van der Waals surface area (Å²) in [6.07, 6.45) is -9.51. The number of nitrogens with zero attached hydrogens (tertiary/aromatic N) is 2.